The van der Waals surface area contributed by atoms with E-state index in [0.29, 0.717) is 38.3 Å². The van der Waals surface area contributed by atoms with Crippen LogP contribution >= 0.6 is 0 Å². The van der Waals surface area contributed by atoms with E-state index < -0.39 is 9.84 Å². The number of sulfone groups is 1. The average molecular weight is 300 g/mol. The molecule has 3 N–H and O–H groups in total. The summed E-state index contributed by atoms with van der Waals surface area (Å²) in [6.07, 6.45) is 2.24. The van der Waals surface area contributed by atoms with Gasteiger partial charge in [0, 0.05) is 12.7 Å². The summed E-state index contributed by atoms with van der Waals surface area (Å²) in [5.74, 6) is 0.514. The van der Waals surface area contributed by atoms with Crippen molar-refractivity contribution in [2.45, 2.75) is 17.7 Å². The second-order valence-corrected chi connectivity index (χ2v) is 6.35. The molecule has 0 aliphatic carbocycles. The van der Waals surface area contributed by atoms with Crippen LogP contribution in [-0.4, -0.2) is 40.3 Å². The minimum atomic E-state index is -3.19. The van der Waals surface area contributed by atoms with E-state index in [2.05, 4.69) is 5.32 Å². The number of carbonyl (C=O) groups excluding carboxylic acids is 1. The molecule has 0 heterocycles. The summed E-state index contributed by atoms with van der Waals surface area (Å²) < 4.78 is 27.9. The van der Waals surface area contributed by atoms with Gasteiger partial charge in [-0.05, 0) is 37.2 Å². The van der Waals surface area contributed by atoms with E-state index in [-0.39, 0.29) is 10.8 Å². The van der Waals surface area contributed by atoms with Crippen LogP contribution in [0.3, 0.4) is 0 Å². The zero-order valence-electron chi connectivity index (χ0n) is 11.5. The highest BCUT2D eigenvalue weighted by molar-refractivity contribution is 7.90. The van der Waals surface area contributed by atoms with Crippen molar-refractivity contribution in [1.29, 1.82) is 0 Å². The van der Waals surface area contributed by atoms with Crippen LogP contribution in [0.2, 0.25) is 0 Å². The molecular formula is C13H20N2O4S. The predicted octanol–water partition coefficient (Wildman–Crippen LogP) is 0.324. The number of ether oxygens (including phenoxy) is 1. The molecule has 0 fully saturated rings. The van der Waals surface area contributed by atoms with E-state index in [9.17, 15) is 13.2 Å². The second kappa shape index (κ2) is 7.86. The lowest BCUT2D eigenvalue weighted by molar-refractivity contribution is -0.121. The predicted molar refractivity (Wildman–Crippen MR) is 76.3 cm³/mol. The summed E-state index contributed by atoms with van der Waals surface area (Å²) in [5, 5.41) is 2.71. The lowest BCUT2D eigenvalue weighted by Gasteiger charge is -2.08. The molecule has 1 amide bonds. The van der Waals surface area contributed by atoms with E-state index in [1.54, 1.807) is 12.1 Å². The summed E-state index contributed by atoms with van der Waals surface area (Å²) in [6, 6.07) is 6.16. The van der Waals surface area contributed by atoms with Crippen LogP contribution < -0.4 is 15.8 Å². The third-order valence-corrected chi connectivity index (χ3v) is 3.68. The Labute approximate surface area is 119 Å². The number of nitrogens with two attached hydrogens (primary N) is 1. The van der Waals surface area contributed by atoms with Gasteiger partial charge >= 0.3 is 0 Å². The van der Waals surface area contributed by atoms with Crippen molar-refractivity contribution in [1.82, 2.24) is 5.32 Å². The smallest absolute Gasteiger partial charge is 0.220 e. The van der Waals surface area contributed by atoms with Gasteiger partial charge in [-0.1, -0.05) is 0 Å². The maximum Gasteiger partial charge on any atom is 0.220 e. The SMILES string of the molecule is CS(=O)(=O)c1ccc(OCCNC(=O)CCCN)cc1. The second-order valence-electron chi connectivity index (χ2n) is 4.33. The van der Waals surface area contributed by atoms with E-state index in [0.717, 1.165) is 6.26 Å². The zero-order chi connectivity index (χ0) is 15.0. The van der Waals surface area contributed by atoms with Gasteiger partial charge in [-0.2, -0.15) is 0 Å². The summed E-state index contributed by atoms with van der Waals surface area (Å²) in [5.41, 5.74) is 5.30. The fourth-order valence-electron chi connectivity index (χ4n) is 1.49. The van der Waals surface area contributed by atoms with E-state index >= 15 is 0 Å². The van der Waals surface area contributed by atoms with Gasteiger partial charge in [0.05, 0.1) is 11.4 Å². The molecule has 6 nitrogen and oxygen atoms in total. The molecule has 0 radical (unpaired) electrons. The number of benzene rings is 1. The fourth-order valence-corrected chi connectivity index (χ4v) is 2.12. The molecule has 0 unspecified atom stereocenters. The van der Waals surface area contributed by atoms with E-state index in [1.807, 2.05) is 0 Å². The van der Waals surface area contributed by atoms with Crippen LogP contribution in [0, 0.1) is 0 Å². The van der Waals surface area contributed by atoms with Crippen molar-refractivity contribution in [3.05, 3.63) is 24.3 Å². The Kier molecular flexibility index (Phi) is 6.47. The lowest BCUT2D eigenvalue weighted by Crippen LogP contribution is -2.28. The quantitative estimate of drug-likeness (QED) is 0.674. The standard InChI is InChI=1S/C13H20N2O4S/c1-20(17,18)12-6-4-11(5-7-12)19-10-9-15-13(16)3-2-8-14/h4-7H,2-3,8-10,14H2,1H3,(H,15,16). The molecule has 7 heteroatoms. The number of nitrogens with one attached hydrogen (secondary N) is 1. The van der Waals surface area contributed by atoms with Crippen LogP contribution in [0.25, 0.3) is 0 Å². The van der Waals surface area contributed by atoms with Crippen molar-refractivity contribution >= 4 is 15.7 Å². The number of amides is 1. The van der Waals surface area contributed by atoms with Gasteiger partial charge in [0.15, 0.2) is 9.84 Å². The molecule has 0 bridgehead atoms. The molecule has 0 spiro atoms. The molecule has 20 heavy (non-hydrogen) atoms. The molecule has 112 valence electrons. The van der Waals surface area contributed by atoms with Crippen LogP contribution in [0.5, 0.6) is 5.75 Å². The lowest BCUT2D eigenvalue weighted by atomic mass is 10.3. The highest BCUT2D eigenvalue weighted by Gasteiger charge is 2.06. The van der Waals surface area contributed by atoms with Gasteiger partial charge in [0.25, 0.3) is 0 Å². The Morgan fingerprint density at radius 3 is 2.50 bits per heavy atom. The maximum atomic E-state index is 11.3. The van der Waals surface area contributed by atoms with Crippen LogP contribution in [0.1, 0.15) is 12.8 Å². The number of carbonyl (C=O) groups is 1. The summed E-state index contributed by atoms with van der Waals surface area (Å²) in [4.78, 5) is 11.5. The number of hydrogen-bond acceptors (Lipinski definition) is 5. The highest BCUT2D eigenvalue weighted by Crippen LogP contribution is 2.15. The van der Waals surface area contributed by atoms with Gasteiger partial charge in [-0.25, -0.2) is 8.42 Å². The molecule has 0 atom stereocenters. The van der Waals surface area contributed by atoms with Crippen molar-refractivity contribution in [2.24, 2.45) is 5.73 Å². The minimum absolute atomic E-state index is 0.0496. The fraction of sp³-hybridized carbons (Fsp3) is 0.462. The third-order valence-electron chi connectivity index (χ3n) is 2.55. The first-order chi connectivity index (χ1) is 9.43. The van der Waals surface area contributed by atoms with Crippen molar-refractivity contribution in [2.75, 3.05) is 26.0 Å². The van der Waals surface area contributed by atoms with E-state index in [1.165, 1.54) is 12.1 Å². The van der Waals surface area contributed by atoms with Crippen molar-refractivity contribution in [3.8, 4) is 5.75 Å². The molecule has 0 aliphatic heterocycles. The molecule has 0 aliphatic rings. The zero-order valence-corrected chi connectivity index (χ0v) is 12.3. The molecule has 0 saturated carbocycles. The maximum absolute atomic E-state index is 11.3. The summed E-state index contributed by atoms with van der Waals surface area (Å²) >= 11 is 0. The molecular weight excluding hydrogens is 280 g/mol. The minimum Gasteiger partial charge on any atom is -0.492 e. The van der Waals surface area contributed by atoms with Crippen LogP contribution in [0.4, 0.5) is 0 Å². The summed E-state index contributed by atoms with van der Waals surface area (Å²) in [7, 11) is -3.19. The largest absolute Gasteiger partial charge is 0.492 e. The third kappa shape index (κ3) is 6.03. The Bertz CT molecular complexity index is 526. The average Bonchev–Trinajstić information content (AvgIpc) is 2.41. The van der Waals surface area contributed by atoms with Crippen LogP contribution in [0.15, 0.2) is 29.2 Å². The molecule has 0 saturated heterocycles. The number of hydrogen-bond donors (Lipinski definition) is 2. The van der Waals surface area contributed by atoms with Gasteiger partial charge in [-0.3, -0.25) is 4.79 Å². The van der Waals surface area contributed by atoms with E-state index in [4.69, 9.17) is 10.5 Å². The summed E-state index contributed by atoms with van der Waals surface area (Å²) in [6.45, 7) is 1.22. The van der Waals surface area contributed by atoms with Crippen molar-refractivity contribution in [3.63, 3.8) is 0 Å². The van der Waals surface area contributed by atoms with Crippen molar-refractivity contribution < 1.29 is 17.9 Å². The monoisotopic (exact) mass is 300 g/mol. The molecule has 0 aromatic heterocycles. The van der Waals surface area contributed by atoms with Gasteiger partial charge in [-0.15, -0.1) is 0 Å². The number of rotatable bonds is 8. The van der Waals surface area contributed by atoms with Crippen LogP contribution in [-0.2, 0) is 14.6 Å². The Morgan fingerprint density at radius 2 is 1.95 bits per heavy atom. The first-order valence-corrected chi connectivity index (χ1v) is 8.22. The normalized spacial score (nSPS) is 11.1. The Balaban J connectivity index is 2.31. The molecule has 1 aromatic rings. The molecule has 1 aromatic carbocycles. The van der Waals surface area contributed by atoms with Gasteiger partial charge < -0.3 is 15.8 Å². The Morgan fingerprint density at radius 1 is 1.30 bits per heavy atom. The highest BCUT2D eigenvalue weighted by atomic mass is 32.2. The topological polar surface area (TPSA) is 98.5 Å². The first-order valence-electron chi connectivity index (χ1n) is 6.33. The Hall–Kier alpha value is -1.60. The van der Waals surface area contributed by atoms with Gasteiger partial charge in [0.2, 0.25) is 5.91 Å². The molecule has 1 rings (SSSR count). The first kappa shape index (κ1) is 16.5. The van der Waals surface area contributed by atoms with Gasteiger partial charge in [0.1, 0.15) is 12.4 Å².